The summed E-state index contributed by atoms with van der Waals surface area (Å²) in [6.07, 6.45) is 4.97. The van der Waals surface area contributed by atoms with Crippen LogP contribution in [0.2, 0.25) is 0 Å². The SMILES string of the molecule is COC(=O)c1sc2ncnc(N3C4CCC3CC(O)C4)c2c1-c1ccccc1. The van der Waals surface area contributed by atoms with Gasteiger partial charge >= 0.3 is 5.97 Å². The Labute approximate surface area is 166 Å². The van der Waals surface area contributed by atoms with Gasteiger partial charge in [-0.1, -0.05) is 30.3 Å². The van der Waals surface area contributed by atoms with E-state index in [4.69, 9.17) is 4.74 Å². The molecule has 2 bridgehead atoms. The van der Waals surface area contributed by atoms with Gasteiger partial charge in [0.2, 0.25) is 0 Å². The van der Waals surface area contributed by atoms with Crippen molar-refractivity contribution in [1.82, 2.24) is 9.97 Å². The highest BCUT2D eigenvalue weighted by atomic mass is 32.1. The largest absolute Gasteiger partial charge is 0.465 e. The van der Waals surface area contributed by atoms with Crippen molar-refractivity contribution in [2.24, 2.45) is 0 Å². The van der Waals surface area contributed by atoms with Crippen LogP contribution in [0.25, 0.3) is 21.3 Å². The van der Waals surface area contributed by atoms with E-state index in [1.165, 1.54) is 18.4 Å². The number of esters is 1. The predicted octanol–water partition coefficient (Wildman–Crippen LogP) is 3.64. The molecule has 0 amide bonds. The number of carbonyl (C=O) groups is 1. The molecule has 2 atom stereocenters. The number of benzene rings is 1. The average Bonchev–Trinajstić information content (AvgIpc) is 3.23. The second-order valence-electron chi connectivity index (χ2n) is 7.46. The van der Waals surface area contributed by atoms with E-state index < -0.39 is 0 Å². The lowest BCUT2D eigenvalue weighted by Crippen LogP contribution is -2.45. The zero-order valence-corrected chi connectivity index (χ0v) is 16.4. The summed E-state index contributed by atoms with van der Waals surface area (Å²) in [5.74, 6) is 0.513. The minimum Gasteiger partial charge on any atom is -0.465 e. The summed E-state index contributed by atoms with van der Waals surface area (Å²) in [6.45, 7) is 0. The fourth-order valence-corrected chi connectivity index (χ4v) is 5.80. The predicted molar refractivity (Wildman–Crippen MR) is 109 cm³/mol. The maximum atomic E-state index is 12.5. The van der Waals surface area contributed by atoms with Crippen LogP contribution in [-0.4, -0.2) is 46.3 Å². The van der Waals surface area contributed by atoms with E-state index in [-0.39, 0.29) is 24.2 Å². The van der Waals surface area contributed by atoms with Crippen molar-refractivity contribution in [1.29, 1.82) is 0 Å². The maximum absolute atomic E-state index is 12.5. The smallest absolute Gasteiger partial charge is 0.348 e. The number of hydrogen-bond acceptors (Lipinski definition) is 7. The van der Waals surface area contributed by atoms with Gasteiger partial charge in [-0.3, -0.25) is 0 Å². The Morgan fingerprint density at radius 3 is 2.57 bits per heavy atom. The molecule has 0 aliphatic carbocycles. The summed E-state index contributed by atoms with van der Waals surface area (Å²) >= 11 is 1.35. The zero-order chi connectivity index (χ0) is 19.3. The minimum atomic E-state index is -0.357. The van der Waals surface area contributed by atoms with Crippen molar-refractivity contribution in [3.05, 3.63) is 41.5 Å². The van der Waals surface area contributed by atoms with E-state index in [2.05, 4.69) is 14.9 Å². The normalized spacial score (nSPS) is 23.9. The van der Waals surface area contributed by atoms with E-state index in [0.717, 1.165) is 52.8 Å². The van der Waals surface area contributed by atoms with E-state index in [1.54, 1.807) is 6.33 Å². The Morgan fingerprint density at radius 2 is 1.89 bits per heavy atom. The van der Waals surface area contributed by atoms with Gasteiger partial charge < -0.3 is 14.7 Å². The second-order valence-corrected chi connectivity index (χ2v) is 8.46. The van der Waals surface area contributed by atoms with Crippen molar-refractivity contribution in [3.8, 4) is 11.1 Å². The van der Waals surface area contributed by atoms with Gasteiger partial charge in [0.1, 0.15) is 21.9 Å². The molecule has 2 aromatic heterocycles. The lowest BCUT2D eigenvalue weighted by molar-refractivity contribution is 0.0607. The number of hydrogen-bond donors (Lipinski definition) is 1. The van der Waals surface area contributed by atoms with Crippen molar-refractivity contribution >= 4 is 33.3 Å². The fraction of sp³-hybridized carbons (Fsp3) is 0.381. The van der Waals surface area contributed by atoms with Crippen LogP contribution < -0.4 is 4.90 Å². The van der Waals surface area contributed by atoms with Gasteiger partial charge in [0.15, 0.2) is 0 Å². The van der Waals surface area contributed by atoms with Crippen LogP contribution in [0.1, 0.15) is 35.4 Å². The fourth-order valence-electron chi connectivity index (χ4n) is 4.72. The summed E-state index contributed by atoms with van der Waals surface area (Å²) < 4.78 is 5.06. The molecule has 144 valence electrons. The molecule has 0 radical (unpaired) electrons. The standard InChI is InChI=1S/C21H21N3O3S/c1-27-21(26)18-16(12-5-3-2-4-6-12)17-19(22-11-23-20(17)28-18)24-13-7-8-14(24)10-15(25)9-13/h2-6,11,13-15,25H,7-10H2,1H3. The second kappa shape index (κ2) is 6.83. The molecule has 7 heteroatoms. The van der Waals surface area contributed by atoms with Gasteiger partial charge in [-0.2, -0.15) is 0 Å². The van der Waals surface area contributed by atoms with Crippen LogP contribution >= 0.6 is 11.3 Å². The average molecular weight is 395 g/mol. The first-order chi connectivity index (χ1) is 13.7. The van der Waals surface area contributed by atoms with E-state index >= 15 is 0 Å². The molecule has 3 aromatic rings. The Hall–Kier alpha value is -2.51. The first kappa shape index (κ1) is 17.6. The van der Waals surface area contributed by atoms with Crippen LogP contribution in [0.15, 0.2) is 36.7 Å². The molecule has 1 N–H and O–H groups in total. The van der Waals surface area contributed by atoms with Gasteiger partial charge in [-0.05, 0) is 31.2 Å². The van der Waals surface area contributed by atoms with Gasteiger partial charge in [0.05, 0.1) is 18.6 Å². The van der Waals surface area contributed by atoms with Crippen LogP contribution in [-0.2, 0) is 4.74 Å². The summed E-state index contributed by atoms with van der Waals surface area (Å²) in [6, 6.07) is 10.4. The lowest BCUT2D eigenvalue weighted by atomic mass is 9.98. The highest BCUT2D eigenvalue weighted by Gasteiger charge is 2.42. The summed E-state index contributed by atoms with van der Waals surface area (Å²) in [7, 11) is 1.40. The number of aromatic nitrogens is 2. The maximum Gasteiger partial charge on any atom is 0.348 e. The van der Waals surface area contributed by atoms with Crippen LogP contribution in [0.5, 0.6) is 0 Å². The molecular formula is C21H21N3O3S. The van der Waals surface area contributed by atoms with Crippen LogP contribution in [0, 0.1) is 0 Å². The monoisotopic (exact) mass is 395 g/mol. The third-order valence-corrected chi connectivity index (χ3v) is 6.93. The molecule has 28 heavy (non-hydrogen) atoms. The lowest BCUT2D eigenvalue weighted by Gasteiger charge is -2.38. The number of aliphatic hydroxyl groups is 1. The van der Waals surface area contributed by atoms with Crippen LogP contribution in [0.3, 0.4) is 0 Å². The van der Waals surface area contributed by atoms with Crippen molar-refractivity contribution in [2.45, 2.75) is 43.9 Å². The summed E-state index contributed by atoms with van der Waals surface area (Å²) in [5.41, 5.74) is 1.79. The Bertz CT molecular complexity index is 1020. The quantitative estimate of drug-likeness (QED) is 0.683. The topological polar surface area (TPSA) is 75.5 Å². The molecule has 2 aliphatic rings. The first-order valence-electron chi connectivity index (χ1n) is 9.55. The summed E-state index contributed by atoms with van der Waals surface area (Å²) in [4.78, 5) is 25.4. The number of ether oxygens (including phenoxy) is 1. The number of carbonyl (C=O) groups excluding carboxylic acids is 1. The van der Waals surface area contributed by atoms with E-state index in [1.807, 2.05) is 30.3 Å². The highest BCUT2D eigenvalue weighted by Crippen LogP contribution is 2.46. The number of thiophene rings is 1. The molecule has 2 aliphatic heterocycles. The third-order valence-electron chi connectivity index (χ3n) is 5.85. The Balaban J connectivity index is 1.76. The van der Waals surface area contributed by atoms with Crippen molar-refractivity contribution in [3.63, 3.8) is 0 Å². The molecule has 1 aromatic carbocycles. The zero-order valence-electron chi connectivity index (χ0n) is 15.5. The molecule has 2 unspecified atom stereocenters. The summed E-state index contributed by atoms with van der Waals surface area (Å²) in [5, 5.41) is 11.1. The van der Waals surface area contributed by atoms with Crippen molar-refractivity contribution in [2.75, 3.05) is 12.0 Å². The third kappa shape index (κ3) is 2.69. The number of aliphatic hydroxyl groups excluding tert-OH is 1. The number of methoxy groups -OCH3 is 1. The molecule has 2 fully saturated rings. The van der Waals surface area contributed by atoms with E-state index in [0.29, 0.717) is 4.88 Å². The van der Waals surface area contributed by atoms with Gasteiger partial charge in [0.25, 0.3) is 0 Å². The van der Waals surface area contributed by atoms with Gasteiger partial charge in [0, 0.05) is 17.6 Å². The number of piperidine rings is 1. The highest BCUT2D eigenvalue weighted by molar-refractivity contribution is 7.21. The number of rotatable bonds is 3. The number of fused-ring (bicyclic) bond motifs is 3. The number of anilines is 1. The molecule has 0 saturated carbocycles. The Kier molecular flexibility index (Phi) is 4.29. The van der Waals surface area contributed by atoms with E-state index in [9.17, 15) is 9.90 Å². The molecule has 0 spiro atoms. The molecular weight excluding hydrogens is 374 g/mol. The Morgan fingerprint density at radius 1 is 1.18 bits per heavy atom. The first-order valence-corrected chi connectivity index (χ1v) is 10.4. The van der Waals surface area contributed by atoms with Crippen molar-refractivity contribution < 1.29 is 14.6 Å². The molecule has 4 heterocycles. The molecule has 2 saturated heterocycles. The van der Waals surface area contributed by atoms with Crippen LogP contribution in [0.4, 0.5) is 5.82 Å². The van der Waals surface area contributed by atoms with Gasteiger partial charge in [-0.25, -0.2) is 14.8 Å². The van der Waals surface area contributed by atoms with Gasteiger partial charge in [-0.15, -0.1) is 11.3 Å². The number of nitrogens with zero attached hydrogens (tertiary/aromatic N) is 3. The molecule has 6 nitrogen and oxygen atoms in total. The minimum absolute atomic E-state index is 0.243. The molecule has 5 rings (SSSR count).